The second kappa shape index (κ2) is 5.50. The summed E-state index contributed by atoms with van der Waals surface area (Å²) < 4.78 is 5.17. The molecule has 0 unspecified atom stereocenters. The van der Waals surface area contributed by atoms with Gasteiger partial charge in [0.05, 0.1) is 6.42 Å². The van der Waals surface area contributed by atoms with Gasteiger partial charge in [-0.05, 0) is 29.1 Å². The van der Waals surface area contributed by atoms with Crippen LogP contribution in [0.1, 0.15) is 10.4 Å². The normalized spacial score (nSPS) is 10.1. The standard InChI is InChI=1S/C13H13NO2S/c14-11-4-1-3-10(7-11)9-16-13(15)8-12-5-2-6-17-12/h1-7H,8-9,14H2. The summed E-state index contributed by atoms with van der Waals surface area (Å²) in [5.74, 6) is -0.213. The molecule has 0 atom stereocenters. The lowest BCUT2D eigenvalue weighted by atomic mass is 10.2. The molecule has 3 nitrogen and oxygen atoms in total. The molecule has 4 heteroatoms. The third kappa shape index (κ3) is 3.60. The molecule has 0 aliphatic carbocycles. The van der Waals surface area contributed by atoms with E-state index < -0.39 is 0 Å². The van der Waals surface area contributed by atoms with Crippen molar-refractivity contribution in [2.24, 2.45) is 0 Å². The van der Waals surface area contributed by atoms with Crippen molar-refractivity contribution in [3.8, 4) is 0 Å². The van der Waals surface area contributed by atoms with E-state index in [-0.39, 0.29) is 12.6 Å². The molecule has 0 amide bonds. The first-order chi connectivity index (χ1) is 8.24. The van der Waals surface area contributed by atoms with Gasteiger partial charge >= 0.3 is 5.97 Å². The number of thiophene rings is 1. The van der Waals surface area contributed by atoms with Crippen molar-refractivity contribution >= 4 is 23.0 Å². The van der Waals surface area contributed by atoms with E-state index in [9.17, 15) is 4.79 Å². The van der Waals surface area contributed by atoms with E-state index in [4.69, 9.17) is 10.5 Å². The number of esters is 1. The van der Waals surface area contributed by atoms with Crippen molar-refractivity contribution in [2.75, 3.05) is 5.73 Å². The van der Waals surface area contributed by atoms with Gasteiger partial charge in [0.15, 0.2) is 0 Å². The number of carbonyl (C=O) groups excluding carboxylic acids is 1. The van der Waals surface area contributed by atoms with Gasteiger partial charge in [0, 0.05) is 10.6 Å². The van der Waals surface area contributed by atoms with E-state index in [0.717, 1.165) is 10.4 Å². The van der Waals surface area contributed by atoms with Crippen molar-refractivity contribution in [2.45, 2.75) is 13.0 Å². The number of carbonyl (C=O) groups is 1. The van der Waals surface area contributed by atoms with Gasteiger partial charge in [0.25, 0.3) is 0 Å². The molecule has 2 aromatic rings. The van der Waals surface area contributed by atoms with Crippen molar-refractivity contribution in [3.63, 3.8) is 0 Å². The van der Waals surface area contributed by atoms with Crippen LogP contribution in [-0.4, -0.2) is 5.97 Å². The van der Waals surface area contributed by atoms with Crippen LogP contribution in [-0.2, 0) is 22.6 Å². The van der Waals surface area contributed by atoms with Gasteiger partial charge in [-0.25, -0.2) is 0 Å². The highest BCUT2D eigenvalue weighted by Crippen LogP contribution is 2.11. The number of hydrogen-bond donors (Lipinski definition) is 1. The Morgan fingerprint density at radius 2 is 2.18 bits per heavy atom. The number of rotatable bonds is 4. The van der Waals surface area contributed by atoms with Crippen LogP contribution in [0.5, 0.6) is 0 Å². The first kappa shape index (κ1) is 11.7. The van der Waals surface area contributed by atoms with Crippen LogP contribution in [0.4, 0.5) is 5.69 Å². The van der Waals surface area contributed by atoms with Crippen molar-refractivity contribution < 1.29 is 9.53 Å². The SMILES string of the molecule is Nc1cccc(COC(=O)Cc2cccs2)c1. The van der Waals surface area contributed by atoms with Crippen LogP contribution < -0.4 is 5.73 Å². The molecule has 88 valence electrons. The van der Waals surface area contributed by atoms with Gasteiger partial charge in [0.1, 0.15) is 6.61 Å². The van der Waals surface area contributed by atoms with Crippen LogP contribution in [0.2, 0.25) is 0 Å². The summed E-state index contributed by atoms with van der Waals surface area (Å²) >= 11 is 1.55. The minimum atomic E-state index is -0.213. The Labute approximate surface area is 104 Å². The second-order valence-electron chi connectivity index (χ2n) is 3.66. The summed E-state index contributed by atoms with van der Waals surface area (Å²) in [6.07, 6.45) is 0.333. The highest BCUT2D eigenvalue weighted by Gasteiger charge is 2.05. The molecule has 2 rings (SSSR count). The zero-order valence-electron chi connectivity index (χ0n) is 9.26. The number of benzene rings is 1. The number of nitrogens with two attached hydrogens (primary N) is 1. The van der Waals surface area contributed by atoms with E-state index in [1.807, 2.05) is 29.6 Å². The number of anilines is 1. The van der Waals surface area contributed by atoms with Gasteiger partial charge in [-0.15, -0.1) is 11.3 Å². The Balaban J connectivity index is 1.84. The lowest BCUT2D eigenvalue weighted by Gasteiger charge is -2.04. The van der Waals surface area contributed by atoms with Gasteiger partial charge in [0.2, 0.25) is 0 Å². The van der Waals surface area contributed by atoms with Crippen LogP contribution in [0.15, 0.2) is 41.8 Å². The molecule has 1 heterocycles. The highest BCUT2D eigenvalue weighted by molar-refractivity contribution is 7.10. The van der Waals surface area contributed by atoms with Gasteiger partial charge in [-0.3, -0.25) is 4.79 Å². The predicted octanol–water partition coefficient (Wildman–Crippen LogP) is 2.62. The molecule has 0 aliphatic rings. The zero-order valence-corrected chi connectivity index (χ0v) is 10.1. The summed E-state index contributed by atoms with van der Waals surface area (Å²) in [5, 5.41) is 1.94. The maximum atomic E-state index is 11.5. The second-order valence-corrected chi connectivity index (χ2v) is 4.69. The Hall–Kier alpha value is -1.81. The predicted molar refractivity (Wildman–Crippen MR) is 68.7 cm³/mol. The zero-order chi connectivity index (χ0) is 12.1. The minimum Gasteiger partial charge on any atom is -0.461 e. The number of nitrogen functional groups attached to an aromatic ring is 1. The molecule has 0 aliphatic heterocycles. The lowest BCUT2D eigenvalue weighted by molar-refractivity contribution is -0.144. The van der Waals surface area contributed by atoms with E-state index in [0.29, 0.717) is 12.1 Å². The summed E-state index contributed by atoms with van der Waals surface area (Å²) in [7, 11) is 0. The summed E-state index contributed by atoms with van der Waals surface area (Å²) in [6.45, 7) is 0.273. The van der Waals surface area contributed by atoms with Gasteiger partial charge in [-0.2, -0.15) is 0 Å². The van der Waals surface area contributed by atoms with E-state index in [1.54, 1.807) is 23.5 Å². The van der Waals surface area contributed by atoms with Crippen LogP contribution in [0, 0.1) is 0 Å². The van der Waals surface area contributed by atoms with Crippen molar-refractivity contribution in [1.82, 2.24) is 0 Å². The maximum absolute atomic E-state index is 11.5. The maximum Gasteiger partial charge on any atom is 0.311 e. The molecule has 0 bridgehead atoms. The lowest BCUT2D eigenvalue weighted by Crippen LogP contribution is -2.07. The minimum absolute atomic E-state index is 0.213. The number of ether oxygens (including phenoxy) is 1. The fourth-order valence-electron chi connectivity index (χ4n) is 1.45. The molecular weight excluding hydrogens is 234 g/mol. The average Bonchev–Trinajstić information content (AvgIpc) is 2.79. The van der Waals surface area contributed by atoms with E-state index in [2.05, 4.69) is 0 Å². The smallest absolute Gasteiger partial charge is 0.311 e. The van der Waals surface area contributed by atoms with Crippen molar-refractivity contribution in [3.05, 3.63) is 52.2 Å². The van der Waals surface area contributed by atoms with Gasteiger partial charge < -0.3 is 10.5 Å². The van der Waals surface area contributed by atoms with E-state index in [1.165, 1.54) is 0 Å². The topological polar surface area (TPSA) is 52.3 Å². The average molecular weight is 247 g/mol. The van der Waals surface area contributed by atoms with E-state index >= 15 is 0 Å². The molecule has 0 radical (unpaired) electrons. The Morgan fingerprint density at radius 3 is 2.88 bits per heavy atom. The Morgan fingerprint density at radius 1 is 1.29 bits per heavy atom. The molecule has 1 aromatic heterocycles. The van der Waals surface area contributed by atoms with Gasteiger partial charge in [-0.1, -0.05) is 18.2 Å². The first-order valence-electron chi connectivity index (χ1n) is 5.26. The largest absolute Gasteiger partial charge is 0.461 e. The van der Waals surface area contributed by atoms with Crippen LogP contribution in [0.25, 0.3) is 0 Å². The summed E-state index contributed by atoms with van der Waals surface area (Å²) in [5.41, 5.74) is 7.22. The third-order valence-corrected chi connectivity index (χ3v) is 3.13. The Bertz CT molecular complexity index is 494. The highest BCUT2D eigenvalue weighted by atomic mass is 32.1. The summed E-state index contributed by atoms with van der Waals surface area (Å²) in [6, 6.07) is 11.2. The fraction of sp³-hybridized carbons (Fsp3) is 0.154. The molecule has 17 heavy (non-hydrogen) atoms. The third-order valence-electron chi connectivity index (χ3n) is 2.25. The monoisotopic (exact) mass is 247 g/mol. The molecule has 0 saturated heterocycles. The molecule has 0 spiro atoms. The van der Waals surface area contributed by atoms with Crippen LogP contribution >= 0.6 is 11.3 Å². The molecule has 0 fully saturated rings. The first-order valence-corrected chi connectivity index (χ1v) is 6.14. The molecular formula is C13H13NO2S. The van der Waals surface area contributed by atoms with Crippen LogP contribution in [0.3, 0.4) is 0 Å². The Kier molecular flexibility index (Phi) is 3.77. The van der Waals surface area contributed by atoms with Crippen molar-refractivity contribution in [1.29, 1.82) is 0 Å². The fourth-order valence-corrected chi connectivity index (χ4v) is 2.14. The number of hydrogen-bond acceptors (Lipinski definition) is 4. The molecule has 0 saturated carbocycles. The molecule has 1 aromatic carbocycles. The summed E-state index contributed by atoms with van der Waals surface area (Å²) in [4.78, 5) is 12.5. The quantitative estimate of drug-likeness (QED) is 0.667. The molecule has 2 N–H and O–H groups in total.